The number of nitrogens with one attached hydrogen (secondary N) is 1. The van der Waals surface area contributed by atoms with Crippen LogP contribution in [0.2, 0.25) is 5.02 Å². The molecule has 5 heteroatoms. The van der Waals surface area contributed by atoms with E-state index in [1.165, 1.54) is 0 Å². The maximum Gasteiger partial charge on any atom is 0.129 e. The van der Waals surface area contributed by atoms with Crippen LogP contribution in [0.25, 0.3) is 0 Å². The topological polar surface area (TPSA) is 34.4 Å². The van der Waals surface area contributed by atoms with E-state index in [1.807, 2.05) is 30.3 Å². The molecular formula is C16H19BrClNO2. The summed E-state index contributed by atoms with van der Waals surface area (Å²) >= 11 is 9.63. The van der Waals surface area contributed by atoms with Gasteiger partial charge in [-0.25, -0.2) is 0 Å². The van der Waals surface area contributed by atoms with Crippen molar-refractivity contribution >= 4 is 27.5 Å². The Morgan fingerprint density at radius 1 is 1.33 bits per heavy atom. The Morgan fingerprint density at radius 2 is 2.14 bits per heavy atom. The molecule has 1 aromatic carbocycles. The molecule has 0 amide bonds. The third-order valence-corrected chi connectivity index (χ3v) is 4.36. The van der Waals surface area contributed by atoms with E-state index < -0.39 is 0 Å². The molecule has 2 aromatic rings. The molecule has 1 aromatic heterocycles. The first-order chi connectivity index (χ1) is 10.2. The molecule has 1 unspecified atom stereocenters. The number of halogens is 2. The fourth-order valence-corrected chi connectivity index (χ4v) is 2.57. The normalized spacial score (nSPS) is 12.6. The lowest BCUT2D eigenvalue weighted by Crippen LogP contribution is -2.22. The zero-order chi connectivity index (χ0) is 15.2. The number of rotatable bonds is 7. The van der Waals surface area contributed by atoms with Crippen LogP contribution in [-0.4, -0.2) is 13.7 Å². The number of ether oxygens (including phenoxy) is 1. The molecule has 0 spiro atoms. The lowest BCUT2D eigenvalue weighted by atomic mass is 10.0. The molecule has 1 atom stereocenters. The Kier molecular flexibility index (Phi) is 6.30. The van der Waals surface area contributed by atoms with E-state index in [4.69, 9.17) is 20.8 Å². The highest BCUT2D eigenvalue weighted by Gasteiger charge is 2.18. The number of hydrogen-bond donors (Lipinski definition) is 1. The first kappa shape index (κ1) is 16.6. The fraction of sp³-hybridized carbons (Fsp3) is 0.375. The van der Waals surface area contributed by atoms with Crippen LogP contribution in [0.4, 0.5) is 0 Å². The Morgan fingerprint density at radius 3 is 2.81 bits per heavy atom. The van der Waals surface area contributed by atoms with Crippen molar-refractivity contribution in [2.75, 3.05) is 13.7 Å². The quantitative estimate of drug-likeness (QED) is 0.748. The monoisotopic (exact) mass is 371 g/mol. The first-order valence-corrected chi connectivity index (χ1v) is 8.08. The molecular weight excluding hydrogens is 354 g/mol. The van der Waals surface area contributed by atoms with Gasteiger partial charge in [-0.1, -0.05) is 24.6 Å². The minimum atomic E-state index is -0.0128. The number of methoxy groups -OCH3 is 1. The van der Waals surface area contributed by atoms with Gasteiger partial charge in [0.1, 0.15) is 18.1 Å². The highest BCUT2D eigenvalue weighted by Crippen LogP contribution is 2.30. The van der Waals surface area contributed by atoms with Gasteiger partial charge in [0, 0.05) is 11.6 Å². The third-order valence-electron chi connectivity index (χ3n) is 3.13. The fourth-order valence-electron chi connectivity index (χ4n) is 2.13. The lowest BCUT2D eigenvalue weighted by molar-refractivity contribution is 0.162. The molecule has 3 nitrogen and oxygen atoms in total. The van der Waals surface area contributed by atoms with Gasteiger partial charge in [-0.3, -0.25) is 0 Å². The largest absolute Gasteiger partial charge is 0.462 e. The van der Waals surface area contributed by atoms with Crippen LogP contribution < -0.4 is 5.32 Å². The Balaban J connectivity index is 2.29. The zero-order valence-corrected chi connectivity index (χ0v) is 14.5. The second kappa shape index (κ2) is 7.99. The molecule has 0 bridgehead atoms. The molecule has 0 fully saturated rings. The predicted octanol–water partition coefficient (Wildman–Crippen LogP) is 4.93. The van der Waals surface area contributed by atoms with Gasteiger partial charge >= 0.3 is 0 Å². The van der Waals surface area contributed by atoms with E-state index in [0.717, 1.165) is 34.5 Å². The molecule has 0 aliphatic carbocycles. The maximum absolute atomic E-state index is 6.21. The second-order valence-electron chi connectivity index (χ2n) is 4.80. The zero-order valence-electron chi connectivity index (χ0n) is 12.2. The van der Waals surface area contributed by atoms with E-state index in [1.54, 1.807) is 7.11 Å². The summed E-state index contributed by atoms with van der Waals surface area (Å²) in [7, 11) is 1.66. The van der Waals surface area contributed by atoms with Crippen molar-refractivity contribution in [2.24, 2.45) is 0 Å². The van der Waals surface area contributed by atoms with Crippen molar-refractivity contribution in [1.82, 2.24) is 5.32 Å². The Hall–Kier alpha value is -0.810. The standard InChI is InChI=1S/C16H19BrClNO2/c1-3-8-19-16(11-4-6-13(17)14(18)9-11)15-7-5-12(21-15)10-20-2/h4-7,9,16,19H,3,8,10H2,1-2H3. The SMILES string of the molecule is CCCNC(c1ccc(Br)c(Cl)c1)c1ccc(COC)o1. The molecule has 2 rings (SSSR count). The van der Waals surface area contributed by atoms with E-state index in [0.29, 0.717) is 11.6 Å². The van der Waals surface area contributed by atoms with Gasteiger partial charge in [0.2, 0.25) is 0 Å². The molecule has 0 aliphatic heterocycles. The molecule has 0 saturated carbocycles. The average Bonchev–Trinajstić information content (AvgIpc) is 2.92. The van der Waals surface area contributed by atoms with Crippen LogP contribution in [0.3, 0.4) is 0 Å². The van der Waals surface area contributed by atoms with E-state index in [9.17, 15) is 0 Å². The molecule has 0 radical (unpaired) electrons. The van der Waals surface area contributed by atoms with Crippen LogP contribution >= 0.6 is 27.5 Å². The smallest absolute Gasteiger partial charge is 0.129 e. The highest BCUT2D eigenvalue weighted by atomic mass is 79.9. The van der Waals surface area contributed by atoms with Crippen molar-refractivity contribution in [2.45, 2.75) is 26.0 Å². The summed E-state index contributed by atoms with van der Waals surface area (Å²) in [5, 5.41) is 4.19. The van der Waals surface area contributed by atoms with Crippen molar-refractivity contribution < 1.29 is 9.15 Å². The van der Waals surface area contributed by atoms with Crippen molar-refractivity contribution in [3.05, 3.63) is 56.9 Å². The summed E-state index contributed by atoms with van der Waals surface area (Å²) in [6.45, 7) is 3.51. The molecule has 21 heavy (non-hydrogen) atoms. The molecule has 0 saturated heterocycles. The molecule has 1 heterocycles. The van der Waals surface area contributed by atoms with Crippen LogP contribution in [0.5, 0.6) is 0 Å². The maximum atomic E-state index is 6.21. The van der Waals surface area contributed by atoms with Crippen molar-refractivity contribution in [3.8, 4) is 0 Å². The summed E-state index contributed by atoms with van der Waals surface area (Å²) in [5.74, 6) is 1.69. The van der Waals surface area contributed by atoms with E-state index in [2.05, 4.69) is 28.2 Å². The number of hydrogen-bond acceptors (Lipinski definition) is 3. The van der Waals surface area contributed by atoms with Gasteiger partial charge in [-0.15, -0.1) is 0 Å². The summed E-state index contributed by atoms with van der Waals surface area (Å²) < 4.78 is 11.9. The van der Waals surface area contributed by atoms with E-state index in [-0.39, 0.29) is 6.04 Å². The van der Waals surface area contributed by atoms with Gasteiger partial charge < -0.3 is 14.5 Å². The Labute approximate surface area is 138 Å². The molecule has 0 aliphatic rings. The van der Waals surface area contributed by atoms with Crippen LogP contribution in [0.1, 0.15) is 36.5 Å². The minimum Gasteiger partial charge on any atom is -0.462 e. The molecule has 114 valence electrons. The van der Waals surface area contributed by atoms with Crippen LogP contribution in [-0.2, 0) is 11.3 Å². The summed E-state index contributed by atoms with van der Waals surface area (Å²) in [4.78, 5) is 0. The van der Waals surface area contributed by atoms with Crippen LogP contribution in [0, 0.1) is 0 Å². The van der Waals surface area contributed by atoms with Gasteiger partial charge in [-0.2, -0.15) is 0 Å². The van der Waals surface area contributed by atoms with Gasteiger partial charge in [0.25, 0.3) is 0 Å². The average molecular weight is 373 g/mol. The Bertz CT molecular complexity index is 585. The summed E-state index contributed by atoms with van der Waals surface area (Å²) in [6, 6.07) is 9.87. The van der Waals surface area contributed by atoms with Crippen molar-refractivity contribution in [1.29, 1.82) is 0 Å². The number of furan rings is 1. The van der Waals surface area contributed by atoms with E-state index >= 15 is 0 Å². The van der Waals surface area contributed by atoms with Gasteiger partial charge in [0.05, 0.1) is 11.1 Å². The number of benzene rings is 1. The lowest BCUT2D eigenvalue weighted by Gasteiger charge is -2.17. The minimum absolute atomic E-state index is 0.0128. The molecule has 1 N–H and O–H groups in total. The second-order valence-corrected chi connectivity index (χ2v) is 6.06. The predicted molar refractivity (Wildman–Crippen MR) is 88.7 cm³/mol. The first-order valence-electron chi connectivity index (χ1n) is 6.91. The highest BCUT2D eigenvalue weighted by molar-refractivity contribution is 9.10. The summed E-state index contributed by atoms with van der Waals surface area (Å²) in [5.41, 5.74) is 1.08. The third kappa shape index (κ3) is 4.33. The van der Waals surface area contributed by atoms with Crippen molar-refractivity contribution in [3.63, 3.8) is 0 Å². The van der Waals surface area contributed by atoms with Gasteiger partial charge in [0.15, 0.2) is 0 Å². The summed E-state index contributed by atoms with van der Waals surface area (Å²) in [6.07, 6.45) is 1.05. The van der Waals surface area contributed by atoms with Crippen LogP contribution in [0.15, 0.2) is 39.2 Å². The van der Waals surface area contributed by atoms with Gasteiger partial charge in [-0.05, 0) is 58.7 Å².